The quantitative estimate of drug-likeness (QED) is 0.189. The summed E-state index contributed by atoms with van der Waals surface area (Å²) < 4.78 is 119. The molecule has 0 aliphatic heterocycles. The zero-order valence-electron chi connectivity index (χ0n) is 21.4. The van der Waals surface area contributed by atoms with Crippen molar-refractivity contribution < 1.29 is 44.6 Å². The number of benzene rings is 2. The lowest BCUT2D eigenvalue weighted by Crippen LogP contribution is -2.25. The van der Waals surface area contributed by atoms with Crippen LogP contribution in [-0.4, -0.2) is 0 Å². The van der Waals surface area contributed by atoms with E-state index < -0.39 is 52.5 Å². The number of hydrogen-bond donors (Lipinski definition) is 0. The summed E-state index contributed by atoms with van der Waals surface area (Å²) in [5.74, 6) is -7.58. The second-order valence-corrected chi connectivity index (χ2v) is 9.73. The van der Waals surface area contributed by atoms with E-state index in [2.05, 4.69) is 16.4 Å². The van der Waals surface area contributed by atoms with Crippen LogP contribution in [0.5, 0.6) is 11.5 Å². The molecule has 214 valence electrons. The summed E-state index contributed by atoms with van der Waals surface area (Å²) in [5.41, 5.74) is -1.72. The highest BCUT2D eigenvalue weighted by molar-refractivity contribution is 5.51. The second-order valence-electron chi connectivity index (χ2n) is 9.73. The molecule has 3 rings (SSSR count). The third kappa shape index (κ3) is 8.73. The molecule has 1 saturated carbocycles. The van der Waals surface area contributed by atoms with Crippen molar-refractivity contribution in [2.45, 2.75) is 70.8 Å². The lowest BCUT2D eigenvalue weighted by atomic mass is 9.78. The number of allylic oxidation sites excluding steroid dienone is 1. The normalized spacial score (nSPS) is 17.9. The van der Waals surface area contributed by atoms with Gasteiger partial charge in [0.1, 0.15) is 22.9 Å². The molecule has 2 aromatic carbocycles. The Balaban J connectivity index is 1.62. The molecule has 10 heteroatoms. The van der Waals surface area contributed by atoms with Gasteiger partial charge in [-0.15, -0.1) is 0 Å². The summed E-state index contributed by atoms with van der Waals surface area (Å²) in [4.78, 5) is 0. The highest BCUT2D eigenvalue weighted by Gasteiger charge is 2.41. The minimum Gasteiger partial charge on any atom is -0.453 e. The van der Waals surface area contributed by atoms with Crippen LogP contribution in [0.1, 0.15) is 75.8 Å². The molecule has 0 bridgehead atoms. The van der Waals surface area contributed by atoms with Crippen LogP contribution in [0, 0.1) is 35.1 Å². The van der Waals surface area contributed by atoms with Gasteiger partial charge in [0.25, 0.3) is 0 Å². The zero-order chi connectivity index (χ0) is 28.6. The summed E-state index contributed by atoms with van der Waals surface area (Å²) in [6.07, 6.45) is 5.98. The van der Waals surface area contributed by atoms with E-state index in [1.165, 1.54) is 38.2 Å². The van der Waals surface area contributed by atoms with E-state index in [1.54, 1.807) is 6.08 Å². The molecule has 0 N–H and O–H groups in total. The van der Waals surface area contributed by atoms with Crippen LogP contribution in [0.3, 0.4) is 0 Å². The van der Waals surface area contributed by atoms with Gasteiger partial charge in [-0.3, -0.25) is 0 Å². The van der Waals surface area contributed by atoms with E-state index >= 15 is 0 Å². The van der Waals surface area contributed by atoms with Gasteiger partial charge in [-0.2, -0.15) is 17.6 Å². The van der Waals surface area contributed by atoms with E-state index in [4.69, 9.17) is 0 Å². The van der Waals surface area contributed by atoms with Gasteiger partial charge in [0.05, 0.1) is 0 Å². The molecule has 1 fully saturated rings. The van der Waals surface area contributed by atoms with Crippen molar-refractivity contribution in [1.82, 2.24) is 0 Å². The molecule has 2 aromatic rings. The van der Waals surface area contributed by atoms with Gasteiger partial charge in [0.2, 0.25) is 0 Å². The van der Waals surface area contributed by atoms with E-state index in [9.17, 15) is 35.1 Å². The molecule has 0 spiro atoms. The van der Waals surface area contributed by atoms with Gasteiger partial charge in [-0.05, 0) is 42.4 Å². The SMILES string of the molecule is CCCCC1CCC(CC/C=C/c2cc(F)c(C(F)(F)Oc3cc(F)c(OC=C(F)F)c(F)c3)c(F)c2)CC1. The Morgan fingerprint density at radius 3 is 1.97 bits per heavy atom. The molecule has 0 aromatic heterocycles. The maximum absolute atomic E-state index is 14.6. The number of halogens is 8. The fraction of sp³-hybridized carbons (Fsp3) is 0.448. The van der Waals surface area contributed by atoms with Crippen molar-refractivity contribution in [3.63, 3.8) is 0 Å². The molecule has 1 aliphatic rings. The Morgan fingerprint density at radius 2 is 1.44 bits per heavy atom. The van der Waals surface area contributed by atoms with Crippen molar-refractivity contribution in [3.05, 3.63) is 77.1 Å². The van der Waals surface area contributed by atoms with Crippen molar-refractivity contribution in [2.75, 3.05) is 0 Å². The monoisotopic (exact) mass is 562 g/mol. The summed E-state index contributed by atoms with van der Waals surface area (Å²) in [6, 6.07) is 1.84. The Morgan fingerprint density at radius 1 is 0.872 bits per heavy atom. The van der Waals surface area contributed by atoms with Crippen LogP contribution < -0.4 is 9.47 Å². The van der Waals surface area contributed by atoms with Gasteiger partial charge in [0.15, 0.2) is 23.6 Å². The van der Waals surface area contributed by atoms with E-state index in [-0.39, 0.29) is 24.0 Å². The summed E-state index contributed by atoms with van der Waals surface area (Å²) in [7, 11) is 0. The summed E-state index contributed by atoms with van der Waals surface area (Å²) >= 11 is 0. The molecular weight excluding hydrogens is 532 g/mol. The first-order valence-corrected chi connectivity index (χ1v) is 12.9. The van der Waals surface area contributed by atoms with Crippen LogP contribution in [0.4, 0.5) is 35.1 Å². The van der Waals surface area contributed by atoms with E-state index in [0.717, 1.165) is 25.2 Å². The van der Waals surface area contributed by atoms with Crippen LogP contribution >= 0.6 is 0 Å². The maximum atomic E-state index is 14.6. The first kappa shape index (κ1) is 30.5. The standard InChI is InChI=1S/C29H30F8O2/c1-2-3-6-18-9-11-19(12-10-18)7-4-5-8-20-13-22(30)27(23(31)14-20)29(36,37)39-21-15-24(32)28(25(33)16-21)38-17-26(34)35/h5,8,13-19H,2-4,6-7,9-12H2,1H3/b8-5+. The molecular formula is C29H30F8O2. The van der Waals surface area contributed by atoms with Gasteiger partial charge in [0, 0.05) is 12.1 Å². The molecule has 0 unspecified atom stereocenters. The smallest absolute Gasteiger partial charge is 0.432 e. The highest BCUT2D eigenvalue weighted by Crippen LogP contribution is 2.38. The second kappa shape index (κ2) is 13.8. The maximum Gasteiger partial charge on any atom is 0.432 e. The first-order chi connectivity index (χ1) is 18.5. The predicted octanol–water partition coefficient (Wildman–Crippen LogP) is 10.3. The topological polar surface area (TPSA) is 18.5 Å². The third-order valence-electron chi connectivity index (χ3n) is 6.82. The molecule has 0 amide bonds. The van der Waals surface area contributed by atoms with Gasteiger partial charge < -0.3 is 9.47 Å². The largest absolute Gasteiger partial charge is 0.453 e. The fourth-order valence-electron chi connectivity index (χ4n) is 4.83. The molecule has 0 atom stereocenters. The van der Waals surface area contributed by atoms with Gasteiger partial charge in [-0.1, -0.05) is 64.0 Å². The average molecular weight is 563 g/mol. The molecule has 2 nitrogen and oxygen atoms in total. The van der Waals surface area contributed by atoms with Crippen LogP contribution in [0.25, 0.3) is 6.08 Å². The molecule has 39 heavy (non-hydrogen) atoms. The van der Waals surface area contributed by atoms with E-state index in [0.29, 0.717) is 24.5 Å². The summed E-state index contributed by atoms with van der Waals surface area (Å²) in [5, 5.41) is 0. The Bertz CT molecular complexity index is 1120. The van der Waals surface area contributed by atoms with Crippen LogP contribution in [0.2, 0.25) is 0 Å². The number of hydrogen-bond acceptors (Lipinski definition) is 2. The van der Waals surface area contributed by atoms with Crippen molar-refractivity contribution in [1.29, 1.82) is 0 Å². The predicted molar refractivity (Wildman–Crippen MR) is 131 cm³/mol. The Hall–Kier alpha value is -3.04. The highest BCUT2D eigenvalue weighted by atomic mass is 19.3. The lowest BCUT2D eigenvalue weighted by Gasteiger charge is -2.28. The number of alkyl halides is 2. The Labute approximate surface area is 222 Å². The summed E-state index contributed by atoms with van der Waals surface area (Å²) in [6.45, 7) is 2.19. The van der Waals surface area contributed by atoms with Gasteiger partial charge in [-0.25, -0.2) is 17.6 Å². The van der Waals surface area contributed by atoms with Crippen molar-refractivity contribution in [3.8, 4) is 11.5 Å². The lowest BCUT2D eigenvalue weighted by molar-refractivity contribution is -0.189. The van der Waals surface area contributed by atoms with Crippen molar-refractivity contribution in [2.24, 2.45) is 11.8 Å². The average Bonchev–Trinajstić information content (AvgIpc) is 2.84. The zero-order valence-corrected chi connectivity index (χ0v) is 21.4. The van der Waals surface area contributed by atoms with Crippen LogP contribution in [-0.2, 0) is 6.11 Å². The van der Waals surface area contributed by atoms with Crippen LogP contribution in [0.15, 0.2) is 42.7 Å². The van der Waals surface area contributed by atoms with Crippen molar-refractivity contribution >= 4 is 6.08 Å². The molecule has 0 heterocycles. The minimum absolute atomic E-state index is 0.0274. The number of ether oxygens (including phenoxy) is 2. The van der Waals surface area contributed by atoms with Gasteiger partial charge >= 0.3 is 12.2 Å². The Kier molecular flexibility index (Phi) is 10.8. The fourth-order valence-corrected chi connectivity index (χ4v) is 4.83. The molecule has 0 radical (unpaired) electrons. The first-order valence-electron chi connectivity index (χ1n) is 12.9. The van der Waals surface area contributed by atoms with E-state index in [1.807, 2.05) is 0 Å². The minimum atomic E-state index is -4.65. The number of rotatable bonds is 12. The number of unbranched alkanes of at least 4 members (excludes halogenated alkanes) is 1. The third-order valence-corrected chi connectivity index (χ3v) is 6.82. The molecule has 0 saturated heterocycles. The molecule has 1 aliphatic carbocycles.